The largest absolute Gasteiger partial charge is 0.375 e. The molecule has 5 heteroatoms. The van der Waals surface area contributed by atoms with Crippen LogP contribution in [0.25, 0.3) is 0 Å². The van der Waals surface area contributed by atoms with Gasteiger partial charge in [-0.1, -0.05) is 6.42 Å². The molecular formula is C14H27N3O2. The first-order valence-corrected chi connectivity index (χ1v) is 7.61. The second kappa shape index (κ2) is 7.82. The van der Waals surface area contributed by atoms with Crippen LogP contribution in [0.2, 0.25) is 0 Å². The highest BCUT2D eigenvalue weighted by molar-refractivity contribution is 5.78. The Morgan fingerprint density at radius 1 is 1.16 bits per heavy atom. The molecule has 2 aliphatic heterocycles. The molecule has 0 aromatic heterocycles. The van der Waals surface area contributed by atoms with E-state index in [-0.39, 0.29) is 18.6 Å². The fourth-order valence-electron chi connectivity index (χ4n) is 2.96. The highest BCUT2D eigenvalue weighted by Gasteiger charge is 2.23. The summed E-state index contributed by atoms with van der Waals surface area (Å²) in [5, 5.41) is 0. The van der Waals surface area contributed by atoms with Crippen molar-refractivity contribution in [3.8, 4) is 0 Å². The Kier molecular flexibility index (Phi) is 6.07. The molecule has 0 aromatic rings. The maximum atomic E-state index is 11.6. The summed E-state index contributed by atoms with van der Waals surface area (Å²) in [4.78, 5) is 15.9. The predicted octanol–water partition coefficient (Wildman–Crippen LogP) is 0.439. The molecule has 2 fully saturated rings. The molecule has 0 aliphatic carbocycles. The number of nitrogens with two attached hydrogens (primary N) is 1. The first kappa shape index (κ1) is 14.8. The summed E-state index contributed by atoms with van der Waals surface area (Å²) in [6, 6.07) is 0. The highest BCUT2D eigenvalue weighted by Crippen LogP contribution is 2.14. The van der Waals surface area contributed by atoms with Crippen LogP contribution in [-0.2, 0) is 9.53 Å². The molecule has 0 bridgehead atoms. The average molecular weight is 269 g/mol. The van der Waals surface area contributed by atoms with Crippen molar-refractivity contribution in [3.63, 3.8) is 0 Å². The summed E-state index contributed by atoms with van der Waals surface area (Å²) in [6.45, 7) is 5.91. The van der Waals surface area contributed by atoms with Crippen molar-refractivity contribution in [3.05, 3.63) is 0 Å². The zero-order chi connectivity index (χ0) is 13.5. The van der Waals surface area contributed by atoms with Crippen LogP contribution in [0.15, 0.2) is 0 Å². The molecule has 0 aromatic carbocycles. The van der Waals surface area contributed by atoms with Gasteiger partial charge in [-0.25, -0.2) is 0 Å². The molecule has 0 saturated carbocycles. The standard InChI is InChI=1S/C14H27N3O2/c15-11-14(18)17-8-4-5-13(12-17)19-10-9-16-6-2-1-3-7-16/h13H,1-12,15H2. The maximum Gasteiger partial charge on any atom is 0.236 e. The topological polar surface area (TPSA) is 58.8 Å². The van der Waals surface area contributed by atoms with Gasteiger partial charge in [0.2, 0.25) is 5.91 Å². The number of ether oxygens (including phenoxy) is 1. The van der Waals surface area contributed by atoms with E-state index < -0.39 is 0 Å². The molecule has 2 aliphatic rings. The summed E-state index contributed by atoms with van der Waals surface area (Å²) in [6.07, 6.45) is 6.31. The maximum absolute atomic E-state index is 11.6. The van der Waals surface area contributed by atoms with Gasteiger partial charge in [0.1, 0.15) is 0 Å². The lowest BCUT2D eigenvalue weighted by Gasteiger charge is -2.33. The fourth-order valence-corrected chi connectivity index (χ4v) is 2.96. The number of carbonyl (C=O) groups is 1. The Labute approximate surface area is 116 Å². The second-order valence-corrected chi connectivity index (χ2v) is 5.58. The Bertz CT molecular complexity index is 280. The summed E-state index contributed by atoms with van der Waals surface area (Å²) in [5.41, 5.74) is 5.41. The van der Waals surface area contributed by atoms with Gasteiger partial charge < -0.3 is 20.3 Å². The van der Waals surface area contributed by atoms with Crippen LogP contribution < -0.4 is 5.73 Å². The van der Waals surface area contributed by atoms with Crippen molar-refractivity contribution < 1.29 is 9.53 Å². The second-order valence-electron chi connectivity index (χ2n) is 5.58. The van der Waals surface area contributed by atoms with Crippen LogP contribution in [0.4, 0.5) is 0 Å². The minimum Gasteiger partial charge on any atom is -0.375 e. The van der Waals surface area contributed by atoms with Gasteiger partial charge in [-0.15, -0.1) is 0 Å². The number of carbonyl (C=O) groups excluding carboxylic acids is 1. The van der Waals surface area contributed by atoms with Gasteiger partial charge in [0, 0.05) is 19.6 Å². The Hall–Kier alpha value is -0.650. The van der Waals surface area contributed by atoms with Gasteiger partial charge in [0.05, 0.1) is 19.3 Å². The third-order valence-corrected chi connectivity index (χ3v) is 4.12. The number of hydrogen-bond acceptors (Lipinski definition) is 4. The lowest BCUT2D eigenvalue weighted by molar-refractivity contribution is -0.133. The third-order valence-electron chi connectivity index (χ3n) is 4.12. The zero-order valence-corrected chi connectivity index (χ0v) is 11.9. The van der Waals surface area contributed by atoms with E-state index in [2.05, 4.69) is 4.90 Å². The van der Waals surface area contributed by atoms with Crippen LogP contribution in [0.1, 0.15) is 32.1 Å². The van der Waals surface area contributed by atoms with Gasteiger partial charge in [-0.05, 0) is 38.8 Å². The normalized spacial score (nSPS) is 25.5. The lowest BCUT2D eigenvalue weighted by atomic mass is 10.1. The Balaban J connectivity index is 1.63. The molecule has 2 N–H and O–H groups in total. The SMILES string of the molecule is NCC(=O)N1CCCC(OCCN2CCCCC2)C1. The van der Waals surface area contributed by atoms with Gasteiger partial charge in [0.25, 0.3) is 0 Å². The van der Waals surface area contributed by atoms with Gasteiger partial charge in [-0.3, -0.25) is 4.79 Å². The van der Waals surface area contributed by atoms with Crippen LogP contribution in [0.5, 0.6) is 0 Å². The molecule has 2 rings (SSSR count). The van der Waals surface area contributed by atoms with Crippen molar-refractivity contribution in [2.45, 2.75) is 38.2 Å². The number of rotatable bonds is 5. The molecule has 0 radical (unpaired) electrons. The molecule has 19 heavy (non-hydrogen) atoms. The Morgan fingerprint density at radius 3 is 2.68 bits per heavy atom. The van der Waals surface area contributed by atoms with E-state index in [1.807, 2.05) is 4.90 Å². The minimum atomic E-state index is 0.0457. The summed E-state index contributed by atoms with van der Waals surface area (Å²) in [5.74, 6) is 0.0457. The first-order valence-electron chi connectivity index (χ1n) is 7.61. The minimum absolute atomic E-state index is 0.0457. The van der Waals surface area contributed by atoms with E-state index in [9.17, 15) is 4.79 Å². The zero-order valence-electron chi connectivity index (χ0n) is 11.9. The van der Waals surface area contributed by atoms with Crippen LogP contribution in [0.3, 0.4) is 0 Å². The molecule has 5 nitrogen and oxygen atoms in total. The van der Waals surface area contributed by atoms with E-state index in [1.54, 1.807) is 0 Å². The number of piperidine rings is 2. The molecule has 1 amide bonds. The molecule has 2 saturated heterocycles. The van der Waals surface area contributed by atoms with Gasteiger partial charge in [-0.2, -0.15) is 0 Å². The number of likely N-dealkylation sites (tertiary alicyclic amines) is 2. The summed E-state index contributed by atoms with van der Waals surface area (Å²) < 4.78 is 5.93. The fraction of sp³-hybridized carbons (Fsp3) is 0.929. The van der Waals surface area contributed by atoms with Gasteiger partial charge >= 0.3 is 0 Å². The van der Waals surface area contributed by atoms with Gasteiger partial charge in [0.15, 0.2) is 0 Å². The third kappa shape index (κ3) is 4.75. The van der Waals surface area contributed by atoms with E-state index >= 15 is 0 Å². The van der Waals surface area contributed by atoms with E-state index in [0.29, 0.717) is 0 Å². The first-order chi connectivity index (χ1) is 9.29. The summed E-state index contributed by atoms with van der Waals surface area (Å²) >= 11 is 0. The molecule has 110 valence electrons. The van der Waals surface area contributed by atoms with E-state index in [4.69, 9.17) is 10.5 Å². The van der Waals surface area contributed by atoms with Crippen molar-refractivity contribution in [2.24, 2.45) is 5.73 Å². The van der Waals surface area contributed by atoms with Crippen LogP contribution in [-0.4, -0.2) is 67.7 Å². The molecule has 1 unspecified atom stereocenters. The number of hydrogen-bond donors (Lipinski definition) is 1. The molecule has 0 spiro atoms. The monoisotopic (exact) mass is 269 g/mol. The molecule has 2 heterocycles. The molecule has 1 atom stereocenters. The van der Waals surface area contributed by atoms with E-state index in [1.165, 1.54) is 32.4 Å². The van der Waals surface area contributed by atoms with Crippen molar-refractivity contribution >= 4 is 5.91 Å². The number of amides is 1. The molecular weight excluding hydrogens is 242 g/mol. The smallest absolute Gasteiger partial charge is 0.236 e. The highest BCUT2D eigenvalue weighted by atomic mass is 16.5. The summed E-state index contributed by atoms with van der Waals surface area (Å²) in [7, 11) is 0. The quantitative estimate of drug-likeness (QED) is 0.787. The van der Waals surface area contributed by atoms with Crippen molar-refractivity contribution in [1.82, 2.24) is 9.80 Å². The van der Waals surface area contributed by atoms with Crippen LogP contribution >= 0.6 is 0 Å². The number of nitrogens with zero attached hydrogens (tertiary/aromatic N) is 2. The Morgan fingerprint density at radius 2 is 1.95 bits per heavy atom. The van der Waals surface area contributed by atoms with Crippen molar-refractivity contribution in [2.75, 3.05) is 45.9 Å². The van der Waals surface area contributed by atoms with Crippen LogP contribution in [0, 0.1) is 0 Å². The predicted molar refractivity (Wildman–Crippen MR) is 74.9 cm³/mol. The average Bonchev–Trinajstić information content (AvgIpc) is 2.48. The lowest BCUT2D eigenvalue weighted by Crippen LogP contribution is -2.46. The van der Waals surface area contributed by atoms with Crippen molar-refractivity contribution in [1.29, 1.82) is 0 Å². The van der Waals surface area contributed by atoms with E-state index in [0.717, 1.165) is 39.1 Å².